The van der Waals surface area contributed by atoms with Gasteiger partial charge in [-0.25, -0.2) is 4.79 Å². The van der Waals surface area contributed by atoms with Gasteiger partial charge in [0.05, 0.1) is 16.9 Å². The van der Waals surface area contributed by atoms with Crippen molar-refractivity contribution in [1.29, 1.82) is 0 Å². The van der Waals surface area contributed by atoms with Crippen LogP contribution < -0.4 is 11.1 Å². The summed E-state index contributed by atoms with van der Waals surface area (Å²) in [6.07, 6.45) is 0. The first kappa shape index (κ1) is 21.2. The molecule has 1 amide bonds. The van der Waals surface area contributed by atoms with Gasteiger partial charge >= 0.3 is 5.76 Å². The van der Waals surface area contributed by atoms with Gasteiger partial charge in [0.2, 0.25) is 5.91 Å². The van der Waals surface area contributed by atoms with E-state index in [1.165, 1.54) is 0 Å². The quantitative estimate of drug-likeness (QED) is 0.422. The Morgan fingerprint density at radius 3 is 2.61 bits per heavy atom. The number of anilines is 1. The highest BCUT2D eigenvalue weighted by Gasteiger charge is 2.35. The minimum Gasteiger partial charge on any atom is -0.408 e. The van der Waals surface area contributed by atoms with Gasteiger partial charge < -0.3 is 14.6 Å². The molecule has 1 aromatic heterocycles. The van der Waals surface area contributed by atoms with Crippen molar-refractivity contribution in [2.45, 2.75) is 12.5 Å². The molecule has 3 aromatic carbocycles. The second kappa shape index (κ2) is 8.35. The number of H-pyrrole nitrogens is 1. The Kier molecular flexibility index (Phi) is 5.36. The lowest BCUT2D eigenvalue weighted by Gasteiger charge is -2.14. The van der Waals surface area contributed by atoms with E-state index in [0.717, 1.165) is 23.4 Å². The standard InChI is InChI=1S/C25H21ClN4O3/c1-30(2)13-14-3-7-17(8-4-14)27-23(15-5-10-19-21(11-15)33-25(32)29-19)22-18-9-6-16(26)12-20(18)28-24(22)31/h3-12,22H,13H2,1-2H3,(H,28,31)(H,29,32). The van der Waals surface area contributed by atoms with Crippen molar-refractivity contribution in [2.75, 3.05) is 19.4 Å². The lowest BCUT2D eigenvalue weighted by atomic mass is 9.90. The van der Waals surface area contributed by atoms with Crippen LogP contribution >= 0.6 is 11.6 Å². The van der Waals surface area contributed by atoms with E-state index in [1.807, 2.05) is 50.5 Å². The van der Waals surface area contributed by atoms with Gasteiger partial charge in [-0.2, -0.15) is 0 Å². The number of fused-ring (bicyclic) bond motifs is 2. The van der Waals surface area contributed by atoms with E-state index in [0.29, 0.717) is 33.1 Å². The summed E-state index contributed by atoms with van der Waals surface area (Å²) in [6.45, 7) is 0.819. The number of carbonyl (C=O) groups is 1. The van der Waals surface area contributed by atoms with Crippen molar-refractivity contribution in [3.63, 3.8) is 0 Å². The van der Waals surface area contributed by atoms with Crippen molar-refractivity contribution < 1.29 is 9.21 Å². The summed E-state index contributed by atoms with van der Waals surface area (Å²) < 4.78 is 5.25. The van der Waals surface area contributed by atoms with Gasteiger partial charge in [0, 0.05) is 22.8 Å². The number of nitrogens with zero attached hydrogens (tertiary/aromatic N) is 2. The van der Waals surface area contributed by atoms with Gasteiger partial charge in [-0.05, 0) is 61.6 Å². The van der Waals surface area contributed by atoms with Crippen LogP contribution in [0.2, 0.25) is 5.02 Å². The molecule has 33 heavy (non-hydrogen) atoms. The Morgan fingerprint density at radius 2 is 1.85 bits per heavy atom. The zero-order valence-corrected chi connectivity index (χ0v) is 18.8. The maximum atomic E-state index is 13.1. The van der Waals surface area contributed by atoms with Crippen LogP contribution in [-0.4, -0.2) is 35.6 Å². The van der Waals surface area contributed by atoms with Crippen molar-refractivity contribution in [1.82, 2.24) is 9.88 Å². The number of benzene rings is 3. The number of carbonyl (C=O) groups excluding carboxylic acids is 1. The largest absolute Gasteiger partial charge is 0.417 e. The Balaban J connectivity index is 1.64. The molecular formula is C25H21ClN4O3. The first-order valence-corrected chi connectivity index (χ1v) is 10.8. The van der Waals surface area contributed by atoms with Gasteiger partial charge in [-0.3, -0.25) is 14.8 Å². The molecule has 166 valence electrons. The number of nitrogens with one attached hydrogen (secondary N) is 2. The fourth-order valence-corrected chi connectivity index (χ4v) is 4.26. The zero-order valence-electron chi connectivity index (χ0n) is 18.1. The highest BCUT2D eigenvalue weighted by Crippen LogP contribution is 2.38. The van der Waals surface area contributed by atoms with E-state index in [9.17, 15) is 9.59 Å². The second-order valence-electron chi connectivity index (χ2n) is 8.28. The summed E-state index contributed by atoms with van der Waals surface area (Å²) in [5.74, 6) is -1.36. The number of aromatic amines is 1. The third kappa shape index (κ3) is 4.20. The average Bonchev–Trinajstić information content (AvgIpc) is 3.29. The number of hydrogen-bond acceptors (Lipinski definition) is 5. The number of amides is 1. The SMILES string of the molecule is CN(C)Cc1ccc(N=C(c2ccc3[nH]c(=O)oc3c2)C2C(=O)Nc3cc(Cl)ccc32)cc1. The molecule has 7 nitrogen and oxygen atoms in total. The van der Waals surface area contributed by atoms with Crippen LogP contribution in [0.4, 0.5) is 11.4 Å². The molecule has 0 fully saturated rings. The maximum Gasteiger partial charge on any atom is 0.417 e. The highest BCUT2D eigenvalue weighted by atomic mass is 35.5. The van der Waals surface area contributed by atoms with E-state index < -0.39 is 11.7 Å². The van der Waals surface area contributed by atoms with Crippen LogP contribution in [0, 0.1) is 0 Å². The molecule has 0 saturated carbocycles. The van der Waals surface area contributed by atoms with Crippen molar-refractivity contribution in [3.8, 4) is 0 Å². The fraction of sp³-hybridized carbons (Fsp3) is 0.160. The number of oxazole rings is 1. The minimum atomic E-state index is -0.637. The highest BCUT2D eigenvalue weighted by molar-refractivity contribution is 6.31. The van der Waals surface area contributed by atoms with Crippen molar-refractivity contribution in [2.24, 2.45) is 4.99 Å². The minimum absolute atomic E-state index is 0.189. The van der Waals surface area contributed by atoms with E-state index in [-0.39, 0.29) is 5.91 Å². The van der Waals surface area contributed by atoms with Crippen LogP contribution in [0.1, 0.15) is 22.6 Å². The molecule has 8 heteroatoms. The molecule has 1 atom stereocenters. The first-order chi connectivity index (χ1) is 15.9. The van der Waals surface area contributed by atoms with Crippen LogP contribution in [0.5, 0.6) is 0 Å². The molecule has 4 aromatic rings. The number of aliphatic imine (C=N–C) groups is 1. The third-order valence-electron chi connectivity index (χ3n) is 5.52. The molecule has 1 aliphatic rings. The number of hydrogen-bond donors (Lipinski definition) is 2. The predicted octanol–water partition coefficient (Wildman–Crippen LogP) is 4.69. The average molecular weight is 461 g/mol. The monoisotopic (exact) mass is 460 g/mol. The first-order valence-electron chi connectivity index (χ1n) is 10.4. The van der Waals surface area contributed by atoms with Crippen molar-refractivity contribution in [3.05, 3.63) is 92.9 Å². The number of aromatic nitrogens is 1. The zero-order chi connectivity index (χ0) is 23.1. The smallest absolute Gasteiger partial charge is 0.408 e. The van der Waals surface area contributed by atoms with E-state index >= 15 is 0 Å². The molecule has 0 saturated heterocycles. The maximum absolute atomic E-state index is 13.1. The molecule has 2 heterocycles. The Morgan fingerprint density at radius 1 is 1.06 bits per heavy atom. The molecule has 0 radical (unpaired) electrons. The molecule has 0 aliphatic carbocycles. The van der Waals surface area contributed by atoms with Crippen LogP contribution in [0.15, 0.2) is 74.9 Å². The lowest BCUT2D eigenvalue weighted by molar-refractivity contribution is -0.115. The molecule has 5 rings (SSSR count). The van der Waals surface area contributed by atoms with Gasteiger partial charge in [-0.15, -0.1) is 0 Å². The normalized spacial score (nSPS) is 15.8. The summed E-state index contributed by atoms with van der Waals surface area (Å²) in [5, 5.41) is 3.45. The molecule has 0 bridgehead atoms. The summed E-state index contributed by atoms with van der Waals surface area (Å²) in [7, 11) is 4.03. The third-order valence-corrected chi connectivity index (χ3v) is 5.76. The van der Waals surface area contributed by atoms with Crippen molar-refractivity contribution >= 4 is 45.7 Å². The Labute approximate surface area is 194 Å². The summed E-state index contributed by atoms with van der Waals surface area (Å²) in [5.41, 5.74) is 5.57. The number of halogens is 1. The van der Waals surface area contributed by atoms with E-state index in [4.69, 9.17) is 21.0 Å². The second-order valence-corrected chi connectivity index (χ2v) is 8.72. The molecule has 1 unspecified atom stereocenters. The van der Waals surface area contributed by atoms with Gasteiger partial charge in [0.1, 0.15) is 5.92 Å². The summed E-state index contributed by atoms with van der Waals surface area (Å²) >= 11 is 6.13. The topological polar surface area (TPSA) is 90.7 Å². The number of rotatable bonds is 5. The van der Waals surface area contributed by atoms with Crippen LogP contribution in [0.3, 0.4) is 0 Å². The fourth-order valence-electron chi connectivity index (χ4n) is 4.09. The van der Waals surface area contributed by atoms with E-state index in [2.05, 4.69) is 15.2 Å². The van der Waals surface area contributed by atoms with Gasteiger partial charge in [-0.1, -0.05) is 35.9 Å². The van der Waals surface area contributed by atoms with Crippen LogP contribution in [0.25, 0.3) is 11.1 Å². The Hall–Kier alpha value is -3.68. The Bertz CT molecular complexity index is 1450. The van der Waals surface area contributed by atoms with Gasteiger partial charge in [0.25, 0.3) is 0 Å². The molecule has 1 aliphatic heterocycles. The molecule has 0 spiro atoms. The lowest BCUT2D eigenvalue weighted by Crippen LogP contribution is -2.22. The molecule has 2 N–H and O–H groups in total. The summed E-state index contributed by atoms with van der Waals surface area (Å²) in [6, 6.07) is 18.5. The van der Waals surface area contributed by atoms with Crippen LogP contribution in [-0.2, 0) is 11.3 Å². The summed E-state index contributed by atoms with van der Waals surface area (Å²) in [4.78, 5) is 34.3. The predicted molar refractivity (Wildman–Crippen MR) is 130 cm³/mol. The van der Waals surface area contributed by atoms with Gasteiger partial charge in [0.15, 0.2) is 5.58 Å². The molecular weight excluding hydrogens is 440 g/mol. The van der Waals surface area contributed by atoms with E-state index in [1.54, 1.807) is 24.3 Å².